The number of hydrogen-bond donors (Lipinski definition) is 2. The van der Waals surface area contributed by atoms with Gasteiger partial charge in [-0.15, -0.1) is 11.8 Å². The lowest BCUT2D eigenvalue weighted by Crippen LogP contribution is -2.07. The molecule has 0 aliphatic heterocycles. The molecule has 98 valence electrons. The van der Waals surface area contributed by atoms with Crippen molar-refractivity contribution in [2.24, 2.45) is 0 Å². The van der Waals surface area contributed by atoms with E-state index >= 15 is 0 Å². The number of hydrogen-bond acceptors (Lipinski definition) is 3. The van der Waals surface area contributed by atoms with Gasteiger partial charge in [-0.1, -0.05) is 23.7 Å². The average molecular weight is 295 g/mol. The summed E-state index contributed by atoms with van der Waals surface area (Å²) in [6.45, 7) is 0. The van der Waals surface area contributed by atoms with Crippen LogP contribution in [0.1, 0.15) is 10.8 Å². The van der Waals surface area contributed by atoms with Crippen molar-refractivity contribution in [1.29, 1.82) is 0 Å². The maximum absolute atomic E-state index is 11.4. The van der Waals surface area contributed by atoms with Gasteiger partial charge in [0.15, 0.2) is 0 Å². The van der Waals surface area contributed by atoms with Crippen LogP contribution >= 0.6 is 23.4 Å². The number of carboxylic acid groups (broad SMARTS) is 1. The molecular formula is C14H11ClO3S. The van der Waals surface area contributed by atoms with E-state index in [2.05, 4.69) is 0 Å². The first-order valence-corrected chi connectivity index (χ1v) is 6.76. The number of benzene rings is 2. The lowest BCUT2D eigenvalue weighted by Gasteiger charge is -2.12. The van der Waals surface area contributed by atoms with Crippen molar-refractivity contribution in [1.82, 2.24) is 0 Å². The molecule has 1 atom stereocenters. The van der Waals surface area contributed by atoms with Gasteiger partial charge in [0.05, 0.1) is 0 Å². The predicted octanol–water partition coefficient (Wildman–Crippen LogP) is 3.96. The molecule has 3 nitrogen and oxygen atoms in total. The normalized spacial score (nSPS) is 12.1. The van der Waals surface area contributed by atoms with E-state index in [1.807, 2.05) is 0 Å². The molecule has 0 spiro atoms. The maximum Gasteiger partial charge on any atom is 0.321 e. The van der Waals surface area contributed by atoms with Crippen molar-refractivity contribution >= 4 is 29.3 Å². The molecule has 2 aromatic rings. The van der Waals surface area contributed by atoms with Crippen molar-refractivity contribution in [3.63, 3.8) is 0 Å². The Morgan fingerprint density at radius 2 is 1.84 bits per heavy atom. The number of rotatable bonds is 4. The predicted molar refractivity (Wildman–Crippen MR) is 75.8 cm³/mol. The minimum atomic E-state index is -0.930. The number of carbonyl (C=O) groups is 1. The highest BCUT2D eigenvalue weighted by molar-refractivity contribution is 8.00. The standard InChI is InChI=1S/C14H11ClO3S/c15-10-3-1-2-9(8-10)13(14(17)18)19-12-6-4-11(16)5-7-12/h1-8,13,16H,(H,17,18). The summed E-state index contributed by atoms with van der Waals surface area (Å²) in [6.07, 6.45) is 0. The van der Waals surface area contributed by atoms with Crippen LogP contribution in [-0.4, -0.2) is 16.2 Å². The topological polar surface area (TPSA) is 57.5 Å². The Bertz CT molecular complexity index is 583. The summed E-state index contributed by atoms with van der Waals surface area (Å²) in [5.74, 6) is -0.778. The summed E-state index contributed by atoms with van der Waals surface area (Å²) in [4.78, 5) is 12.1. The lowest BCUT2D eigenvalue weighted by atomic mass is 10.1. The summed E-state index contributed by atoms with van der Waals surface area (Å²) >= 11 is 7.08. The molecule has 2 rings (SSSR count). The van der Waals surface area contributed by atoms with Gasteiger partial charge in [0.25, 0.3) is 0 Å². The Morgan fingerprint density at radius 3 is 2.42 bits per heavy atom. The number of carboxylic acids is 1. The van der Waals surface area contributed by atoms with Gasteiger partial charge >= 0.3 is 5.97 Å². The summed E-state index contributed by atoms with van der Waals surface area (Å²) in [5, 5.41) is 18.3. The van der Waals surface area contributed by atoms with Gasteiger partial charge in [0.1, 0.15) is 11.0 Å². The Balaban J connectivity index is 2.26. The third kappa shape index (κ3) is 3.66. The summed E-state index contributed by atoms with van der Waals surface area (Å²) in [6, 6.07) is 13.2. The minimum absolute atomic E-state index is 0.152. The van der Waals surface area contributed by atoms with Crippen molar-refractivity contribution in [2.75, 3.05) is 0 Å². The maximum atomic E-state index is 11.4. The quantitative estimate of drug-likeness (QED) is 0.838. The van der Waals surface area contributed by atoms with Crippen molar-refractivity contribution in [3.05, 3.63) is 59.1 Å². The highest BCUT2D eigenvalue weighted by atomic mass is 35.5. The molecule has 2 N–H and O–H groups in total. The molecule has 0 saturated heterocycles. The van der Waals surface area contributed by atoms with E-state index in [1.165, 1.54) is 23.9 Å². The zero-order chi connectivity index (χ0) is 13.8. The molecule has 0 heterocycles. The van der Waals surface area contributed by atoms with Gasteiger partial charge in [0.2, 0.25) is 0 Å². The zero-order valence-corrected chi connectivity index (χ0v) is 11.4. The minimum Gasteiger partial charge on any atom is -0.508 e. The van der Waals surface area contributed by atoms with E-state index in [9.17, 15) is 15.0 Å². The van der Waals surface area contributed by atoms with Crippen LogP contribution in [-0.2, 0) is 4.79 Å². The first kappa shape index (κ1) is 13.8. The summed E-state index contributed by atoms with van der Waals surface area (Å²) in [7, 11) is 0. The third-order valence-corrected chi connectivity index (χ3v) is 3.96. The monoisotopic (exact) mass is 294 g/mol. The average Bonchev–Trinajstić information content (AvgIpc) is 2.37. The fraction of sp³-hybridized carbons (Fsp3) is 0.0714. The van der Waals surface area contributed by atoms with Crippen LogP contribution in [0.5, 0.6) is 5.75 Å². The lowest BCUT2D eigenvalue weighted by molar-refractivity contribution is -0.136. The molecule has 0 aliphatic rings. The van der Waals surface area contributed by atoms with E-state index < -0.39 is 11.2 Å². The molecule has 0 aromatic heterocycles. The Morgan fingerprint density at radius 1 is 1.16 bits per heavy atom. The van der Waals surface area contributed by atoms with Crippen LogP contribution in [0.15, 0.2) is 53.4 Å². The highest BCUT2D eigenvalue weighted by Crippen LogP contribution is 2.36. The molecular weight excluding hydrogens is 284 g/mol. The highest BCUT2D eigenvalue weighted by Gasteiger charge is 2.21. The molecule has 0 radical (unpaired) electrons. The van der Waals surface area contributed by atoms with Crippen LogP contribution < -0.4 is 0 Å². The van der Waals surface area contributed by atoms with Crippen LogP contribution in [0.3, 0.4) is 0 Å². The number of phenolic OH excluding ortho intramolecular Hbond substituents is 1. The molecule has 19 heavy (non-hydrogen) atoms. The fourth-order valence-corrected chi connectivity index (χ4v) is 2.74. The van der Waals surface area contributed by atoms with Gasteiger partial charge in [-0.05, 0) is 42.0 Å². The van der Waals surface area contributed by atoms with E-state index in [-0.39, 0.29) is 5.75 Å². The zero-order valence-electron chi connectivity index (χ0n) is 9.79. The molecule has 1 unspecified atom stereocenters. The first-order chi connectivity index (χ1) is 9.06. The second-order valence-electron chi connectivity index (χ2n) is 3.89. The fourth-order valence-electron chi connectivity index (χ4n) is 1.59. The van der Waals surface area contributed by atoms with Gasteiger partial charge in [-0.3, -0.25) is 4.79 Å². The number of thioether (sulfide) groups is 1. The molecule has 0 amide bonds. The Hall–Kier alpha value is -1.65. The van der Waals surface area contributed by atoms with Crippen molar-refractivity contribution < 1.29 is 15.0 Å². The first-order valence-electron chi connectivity index (χ1n) is 5.50. The van der Waals surface area contributed by atoms with E-state index in [1.54, 1.807) is 36.4 Å². The van der Waals surface area contributed by atoms with Gasteiger partial charge in [-0.25, -0.2) is 0 Å². The molecule has 0 aliphatic carbocycles. The summed E-state index contributed by atoms with van der Waals surface area (Å²) in [5.41, 5.74) is 0.637. The Kier molecular flexibility index (Phi) is 4.35. The molecule has 2 aromatic carbocycles. The van der Waals surface area contributed by atoms with Crippen molar-refractivity contribution in [2.45, 2.75) is 10.1 Å². The second kappa shape index (κ2) is 5.99. The van der Waals surface area contributed by atoms with E-state index in [0.29, 0.717) is 10.6 Å². The molecule has 0 saturated carbocycles. The Labute approximate surface area is 119 Å². The second-order valence-corrected chi connectivity index (χ2v) is 5.50. The summed E-state index contributed by atoms with van der Waals surface area (Å²) < 4.78 is 0. The molecule has 0 fully saturated rings. The number of aliphatic carboxylic acids is 1. The molecule has 0 bridgehead atoms. The SMILES string of the molecule is O=C(O)C(Sc1ccc(O)cc1)c1cccc(Cl)c1. The van der Waals surface area contributed by atoms with Gasteiger partial charge in [0, 0.05) is 9.92 Å². The number of aromatic hydroxyl groups is 1. The molecule has 5 heteroatoms. The van der Waals surface area contributed by atoms with E-state index in [0.717, 1.165) is 4.90 Å². The largest absolute Gasteiger partial charge is 0.508 e. The number of phenols is 1. The van der Waals surface area contributed by atoms with Crippen LogP contribution in [0.4, 0.5) is 0 Å². The van der Waals surface area contributed by atoms with E-state index in [4.69, 9.17) is 11.6 Å². The van der Waals surface area contributed by atoms with Gasteiger partial charge in [-0.2, -0.15) is 0 Å². The number of halogens is 1. The van der Waals surface area contributed by atoms with Crippen LogP contribution in [0.2, 0.25) is 5.02 Å². The van der Waals surface area contributed by atoms with Crippen LogP contribution in [0, 0.1) is 0 Å². The van der Waals surface area contributed by atoms with Gasteiger partial charge < -0.3 is 10.2 Å². The third-order valence-electron chi connectivity index (χ3n) is 2.47. The van der Waals surface area contributed by atoms with Crippen LogP contribution in [0.25, 0.3) is 0 Å². The smallest absolute Gasteiger partial charge is 0.321 e. The van der Waals surface area contributed by atoms with Crippen molar-refractivity contribution in [3.8, 4) is 5.75 Å².